The summed E-state index contributed by atoms with van der Waals surface area (Å²) in [6, 6.07) is 10.9. The van der Waals surface area contributed by atoms with E-state index in [9.17, 15) is 4.79 Å². The summed E-state index contributed by atoms with van der Waals surface area (Å²) in [6.07, 6.45) is 1.63. The van der Waals surface area contributed by atoms with Crippen LogP contribution in [0.1, 0.15) is 5.56 Å². The van der Waals surface area contributed by atoms with Crippen molar-refractivity contribution in [1.29, 1.82) is 0 Å². The van der Waals surface area contributed by atoms with E-state index in [2.05, 4.69) is 0 Å². The van der Waals surface area contributed by atoms with E-state index in [0.717, 1.165) is 5.75 Å². The van der Waals surface area contributed by atoms with Gasteiger partial charge in [0.2, 0.25) is 0 Å². The highest BCUT2D eigenvalue weighted by Gasteiger charge is 1.98. The lowest BCUT2D eigenvalue weighted by atomic mass is 10.2. The molecule has 4 nitrogen and oxygen atoms in total. The molecule has 4 heteroatoms. The lowest BCUT2D eigenvalue weighted by Gasteiger charge is -2.08. The average Bonchev–Trinajstić information content (AvgIpc) is 2.36. The molecular weight excluding hydrogens is 228 g/mol. The van der Waals surface area contributed by atoms with Crippen LogP contribution in [0.15, 0.2) is 47.4 Å². The third kappa shape index (κ3) is 3.13. The van der Waals surface area contributed by atoms with Crippen LogP contribution in [0.25, 0.3) is 0 Å². The highest BCUT2D eigenvalue weighted by molar-refractivity contribution is 5.33. The number of aromatic nitrogens is 1. The molecule has 0 saturated carbocycles. The summed E-state index contributed by atoms with van der Waals surface area (Å²) >= 11 is 0. The number of ether oxygens (including phenoxy) is 1. The Labute approximate surface area is 106 Å². The predicted octanol–water partition coefficient (Wildman–Crippen LogP) is 1.82. The smallest absolute Gasteiger partial charge is 0.250 e. The van der Waals surface area contributed by atoms with Gasteiger partial charge in [0, 0.05) is 18.0 Å². The lowest BCUT2D eigenvalue weighted by molar-refractivity contribution is 0.296. The van der Waals surface area contributed by atoms with Gasteiger partial charge in [-0.25, -0.2) is 0 Å². The van der Waals surface area contributed by atoms with Gasteiger partial charge in [-0.15, -0.1) is 0 Å². The highest BCUT2D eigenvalue weighted by Crippen LogP contribution is 2.11. The second kappa shape index (κ2) is 5.40. The maximum absolute atomic E-state index is 11.5. The summed E-state index contributed by atoms with van der Waals surface area (Å²) in [5.41, 5.74) is 7.32. The van der Waals surface area contributed by atoms with Crippen molar-refractivity contribution in [3.8, 4) is 5.75 Å². The Balaban J connectivity index is 1.94. The Hall–Kier alpha value is -2.23. The van der Waals surface area contributed by atoms with Crippen molar-refractivity contribution in [1.82, 2.24) is 4.57 Å². The van der Waals surface area contributed by atoms with Crippen molar-refractivity contribution in [2.45, 2.75) is 13.5 Å². The first kappa shape index (κ1) is 12.2. The van der Waals surface area contributed by atoms with Crippen LogP contribution < -0.4 is 16.0 Å². The van der Waals surface area contributed by atoms with Gasteiger partial charge in [0.1, 0.15) is 12.4 Å². The van der Waals surface area contributed by atoms with Crippen LogP contribution >= 0.6 is 0 Å². The van der Waals surface area contributed by atoms with Gasteiger partial charge in [0.25, 0.3) is 5.56 Å². The van der Waals surface area contributed by atoms with Crippen LogP contribution in [0.5, 0.6) is 5.75 Å². The zero-order chi connectivity index (χ0) is 13.0. The van der Waals surface area contributed by atoms with Gasteiger partial charge in [-0.1, -0.05) is 17.7 Å². The van der Waals surface area contributed by atoms with Gasteiger partial charge >= 0.3 is 0 Å². The van der Waals surface area contributed by atoms with Crippen molar-refractivity contribution in [3.63, 3.8) is 0 Å². The molecule has 0 atom stereocenters. The molecule has 1 aromatic heterocycles. The van der Waals surface area contributed by atoms with E-state index in [-0.39, 0.29) is 5.56 Å². The molecule has 2 rings (SSSR count). The summed E-state index contributed by atoms with van der Waals surface area (Å²) in [6.45, 7) is 2.94. The molecule has 0 fully saturated rings. The number of benzene rings is 1. The number of anilines is 1. The summed E-state index contributed by atoms with van der Waals surface area (Å²) in [5.74, 6) is 0.803. The molecule has 2 N–H and O–H groups in total. The highest BCUT2D eigenvalue weighted by atomic mass is 16.5. The molecule has 0 spiro atoms. The standard InChI is InChI=1S/C14H16N2O2/c1-11-2-5-13(6-3-11)18-9-8-16-10-12(15)4-7-14(16)17/h2-7,10H,8-9,15H2,1H3. The Bertz CT molecular complexity index is 573. The van der Waals surface area contributed by atoms with Gasteiger partial charge in [-0.2, -0.15) is 0 Å². The molecular formula is C14H16N2O2. The molecule has 1 heterocycles. The molecule has 0 aliphatic rings. The summed E-state index contributed by atoms with van der Waals surface area (Å²) in [5, 5.41) is 0. The van der Waals surface area contributed by atoms with Gasteiger partial charge in [-0.3, -0.25) is 4.79 Å². The molecule has 0 radical (unpaired) electrons. The predicted molar refractivity (Wildman–Crippen MR) is 71.8 cm³/mol. The Kier molecular flexibility index (Phi) is 3.67. The number of pyridine rings is 1. The number of nitrogens with zero attached hydrogens (tertiary/aromatic N) is 1. The Morgan fingerprint density at radius 2 is 1.89 bits per heavy atom. The molecule has 0 bridgehead atoms. The number of rotatable bonds is 4. The van der Waals surface area contributed by atoms with Crippen molar-refractivity contribution in [3.05, 3.63) is 58.5 Å². The quantitative estimate of drug-likeness (QED) is 0.892. The molecule has 0 unspecified atom stereocenters. The van der Waals surface area contributed by atoms with Crippen molar-refractivity contribution < 1.29 is 4.74 Å². The minimum Gasteiger partial charge on any atom is -0.492 e. The maximum atomic E-state index is 11.5. The maximum Gasteiger partial charge on any atom is 0.250 e. The molecule has 1 aromatic carbocycles. The minimum atomic E-state index is -0.0725. The number of aryl methyl sites for hydroxylation is 1. The fourth-order valence-electron chi connectivity index (χ4n) is 1.62. The van der Waals surface area contributed by atoms with Gasteiger partial charge in [0.05, 0.1) is 6.54 Å². The Morgan fingerprint density at radius 3 is 2.61 bits per heavy atom. The van der Waals surface area contributed by atoms with E-state index in [0.29, 0.717) is 18.8 Å². The van der Waals surface area contributed by atoms with E-state index in [4.69, 9.17) is 10.5 Å². The van der Waals surface area contributed by atoms with Crippen molar-refractivity contribution in [2.75, 3.05) is 12.3 Å². The third-order valence-corrected chi connectivity index (χ3v) is 2.63. The molecule has 0 aliphatic heterocycles. The second-order valence-corrected chi connectivity index (χ2v) is 4.16. The van der Waals surface area contributed by atoms with Crippen LogP contribution in [0.3, 0.4) is 0 Å². The number of nitrogen functional groups attached to an aromatic ring is 1. The van der Waals surface area contributed by atoms with Crippen molar-refractivity contribution in [2.24, 2.45) is 0 Å². The van der Waals surface area contributed by atoms with Crippen LogP contribution in [-0.2, 0) is 6.54 Å². The first-order valence-electron chi connectivity index (χ1n) is 5.80. The summed E-state index contributed by atoms with van der Waals surface area (Å²) in [7, 11) is 0. The van der Waals surface area contributed by atoms with Crippen LogP contribution in [0, 0.1) is 6.92 Å². The number of hydrogen-bond donors (Lipinski definition) is 1. The molecule has 18 heavy (non-hydrogen) atoms. The summed E-state index contributed by atoms with van der Waals surface area (Å²) < 4.78 is 7.10. The van der Waals surface area contributed by atoms with E-state index < -0.39 is 0 Å². The third-order valence-electron chi connectivity index (χ3n) is 2.63. The zero-order valence-electron chi connectivity index (χ0n) is 10.3. The lowest BCUT2D eigenvalue weighted by Crippen LogP contribution is -2.22. The Morgan fingerprint density at radius 1 is 1.17 bits per heavy atom. The van der Waals surface area contributed by atoms with Gasteiger partial charge in [-0.05, 0) is 25.1 Å². The zero-order valence-corrected chi connectivity index (χ0v) is 10.3. The van der Waals surface area contributed by atoms with E-state index >= 15 is 0 Å². The number of hydrogen-bond acceptors (Lipinski definition) is 3. The van der Waals surface area contributed by atoms with Gasteiger partial charge < -0.3 is 15.0 Å². The molecule has 0 amide bonds. The molecule has 0 saturated heterocycles. The minimum absolute atomic E-state index is 0.0725. The van der Waals surface area contributed by atoms with E-state index in [1.54, 1.807) is 16.8 Å². The fourth-order valence-corrected chi connectivity index (χ4v) is 1.62. The SMILES string of the molecule is Cc1ccc(OCCn2cc(N)ccc2=O)cc1. The normalized spacial score (nSPS) is 10.3. The van der Waals surface area contributed by atoms with Crippen LogP contribution in [-0.4, -0.2) is 11.2 Å². The molecule has 0 aliphatic carbocycles. The fraction of sp³-hybridized carbons (Fsp3) is 0.214. The van der Waals surface area contributed by atoms with E-state index in [1.165, 1.54) is 11.6 Å². The topological polar surface area (TPSA) is 57.2 Å². The monoisotopic (exact) mass is 244 g/mol. The van der Waals surface area contributed by atoms with Crippen molar-refractivity contribution >= 4 is 5.69 Å². The molecule has 2 aromatic rings. The average molecular weight is 244 g/mol. The first-order chi connectivity index (χ1) is 8.65. The first-order valence-corrected chi connectivity index (χ1v) is 5.80. The number of nitrogens with two attached hydrogens (primary N) is 1. The van der Waals surface area contributed by atoms with E-state index in [1.807, 2.05) is 31.2 Å². The second-order valence-electron chi connectivity index (χ2n) is 4.16. The molecule has 94 valence electrons. The van der Waals surface area contributed by atoms with Gasteiger partial charge in [0.15, 0.2) is 0 Å². The van der Waals surface area contributed by atoms with Crippen LogP contribution in [0.2, 0.25) is 0 Å². The largest absolute Gasteiger partial charge is 0.492 e. The van der Waals surface area contributed by atoms with Crippen LogP contribution in [0.4, 0.5) is 5.69 Å². The summed E-state index contributed by atoms with van der Waals surface area (Å²) in [4.78, 5) is 11.5.